The van der Waals surface area contributed by atoms with Crippen molar-refractivity contribution in [2.75, 3.05) is 24.6 Å². The van der Waals surface area contributed by atoms with Crippen LogP contribution in [0.3, 0.4) is 0 Å². The fraction of sp³-hybridized carbons (Fsp3) is 0.278. The van der Waals surface area contributed by atoms with Gasteiger partial charge in [-0.1, -0.05) is 29.8 Å². The number of hydrogen-bond donors (Lipinski definition) is 2. The molecule has 2 aromatic carbocycles. The van der Waals surface area contributed by atoms with Crippen molar-refractivity contribution >= 4 is 21.6 Å². The summed E-state index contributed by atoms with van der Waals surface area (Å²) in [6.45, 7) is 2.25. The molecule has 0 aromatic heterocycles. The Morgan fingerprint density at radius 3 is 2.56 bits per heavy atom. The predicted octanol–water partition coefficient (Wildman–Crippen LogP) is 2.35. The fourth-order valence-electron chi connectivity index (χ4n) is 2.45. The molecule has 25 heavy (non-hydrogen) atoms. The maximum absolute atomic E-state index is 12.5. The molecule has 0 aliphatic carbocycles. The number of anilines is 1. The minimum atomic E-state index is -3.47. The van der Waals surface area contributed by atoms with Crippen LogP contribution in [0.4, 0.5) is 5.69 Å². The van der Waals surface area contributed by atoms with Crippen molar-refractivity contribution < 1.29 is 17.9 Å². The van der Waals surface area contributed by atoms with Crippen LogP contribution < -0.4 is 14.8 Å². The van der Waals surface area contributed by atoms with Gasteiger partial charge in [0.1, 0.15) is 5.75 Å². The Morgan fingerprint density at radius 2 is 1.88 bits per heavy atom. The molecule has 6 nitrogen and oxygen atoms in total. The number of ether oxygens (including phenoxy) is 1. The van der Waals surface area contributed by atoms with Gasteiger partial charge in [0.05, 0.1) is 24.6 Å². The van der Waals surface area contributed by atoms with Gasteiger partial charge in [0.15, 0.2) is 0 Å². The highest BCUT2D eigenvalue weighted by molar-refractivity contribution is 7.92. The molecule has 0 aliphatic heterocycles. The molecule has 0 atom stereocenters. The van der Waals surface area contributed by atoms with Gasteiger partial charge >= 0.3 is 0 Å². The number of aryl methyl sites for hydroxylation is 1. The van der Waals surface area contributed by atoms with E-state index in [1.807, 2.05) is 31.2 Å². The van der Waals surface area contributed by atoms with Crippen molar-refractivity contribution in [2.45, 2.75) is 13.3 Å². The second-order valence-corrected chi connectivity index (χ2v) is 7.49. The number of para-hydroxylation sites is 1. The van der Waals surface area contributed by atoms with Crippen LogP contribution in [0.25, 0.3) is 0 Å². The zero-order valence-electron chi connectivity index (χ0n) is 14.5. The van der Waals surface area contributed by atoms with E-state index in [1.54, 1.807) is 25.3 Å². The van der Waals surface area contributed by atoms with Gasteiger partial charge in [-0.3, -0.25) is 9.52 Å². The van der Waals surface area contributed by atoms with Gasteiger partial charge in [0.25, 0.3) is 5.91 Å². The Morgan fingerprint density at radius 1 is 1.16 bits per heavy atom. The third-order valence-electron chi connectivity index (χ3n) is 3.59. The lowest BCUT2D eigenvalue weighted by Gasteiger charge is -2.13. The van der Waals surface area contributed by atoms with Gasteiger partial charge in [-0.25, -0.2) is 8.42 Å². The Kier molecular flexibility index (Phi) is 6.03. The lowest BCUT2D eigenvalue weighted by molar-refractivity contribution is 0.0955. The maximum Gasteiger partial charge on any atom is 0.253 e. The molecule has 0 heterocycles. The topological polar surface area (TPSA) is 84.5 Å². The lowest BCUT2D eigenvalue weighted by atomic mass is 10.1. The van der Waals surface area contributed by atoms with E-state index in [0.717, 1.165) is 23.1 Å². The monoisotopic (exact) mass is 362 g/mol. The van der Waals surface area contributed by atoms with Gasteiger partial charge in [-0.2, -0.15) is 0 Å². The molecule has 2 aromatic rings. The number of methoxy groups -OCH3 is 1. The summed E-state index contributed by atoms with van der Waals surface area (Å²) in [6, 6.07) is 12.6. The summed E-state index contributed by atoms with van der Waals surface area (Å²) in [5.74, 6) is 0.441. The highest BCUT2D eigenvalue weighted by atomic mass is 32.2. The van der Waals surface area contributed by atoms with Crippen LogP contribution in [0, 0.1) is 6.92 Å². The molecular weight excluding hydrogens is 340 g/mol. The van der Waals surface area contributed by atoms with Crippen LogP contribution in [0.5, 0.6) is 5.75 Å². The first-order chi connectivity index (χ1) is 11.8. The summed E-state index contributed by atoms with van der Waals surface area (Å²) in [6.07, 6.45) is 1.66. The molecule has 2 rings (SSSR count). The summed E-state index contributed by atoms with van der Waals surface area (Å²) in [4.78, 5) is 12.5. The number of carbonyl (C=O) groups is 1. The molecule has 0 unspecified atom stereocenters. The quantitative estimate of drug-likeness (QED) is 0.792. The van der Waals surface area contributed by atoms with Crippen molar-refractivity contribution in [3.05, 3.63) is 59.2 Å². The van der Waals surface area contributed by atoms with Gasteiger partial charge in [0, 0.05) is 6.54 Å². The number of carbonyl (C=O) groups excluding carboxylic acids is 1. The molecule has 0 radical (unpaired) electrons. The number of sulfonamides is 1. The number of benzene rings is 2. The van der Waals surface area contributed by atoms with E-state index < -0.39 is 10.0 Å². The highest BCUT2D eigenvalue weighted by Crippen LogP contribution is 2.19. The van der Waals surface area contributed by atoms with Crippen LogP contribution in [0.1, 0.15) is 21.5 Å². The molecule has 134 valence electrons. The van der Waals surface area contributed by atoms with E-state index in [0.29, 0.717) is 18.5 Å². The smallest absolute Gasteiger partial charge is 0.253 e. The first-order valence-electron chi connectivity index (χ1n) is 7.78. The number of rotatable bonds is 7. The van der Waals surface area contributed by atoms with Crippen LogP contribution in [-0.2, 0) is 16.4 Å². The minimum Gasteiger partial charge on any atom is -0.496 e. The van der Waals surface area contributed by atoms with Crippen molar-refractivity contribution in [1.82, 2.24) is 5.32 Å². The molecule has 0 fully saturated rings. The number of amides is 1. The molecule has 0 spiro atoms. The van der Waals surface area contributed by atoms with E-state index in [-0.39, 0.29) is 11.6 Å². The zero-order chi connectivity index (χ0) is 18.4. The van der Waals surface area contributed by atoms with Crippen LogP contribution in [0.15, 0.2) is 42.5 Å². The number of hydrogen-bond acceptors (Lipinski definition) is 4. The normalized spacial score (nSPS) is 11.0. The van der Waals surface area contributed by atoms with Crippen molar-refractivity contribution in [3.63, 3.8) is 0 Å². The summed E-state index contributed by atoms with van der Waals surface area (Å²) in [5.41, 5.74) is 2.42. The van der Waals surface area contributed by atoms with Gasteiger partial charge in [0.2, 0.25) is 10.0 Å². The minimum absolute atomic E-state index is 0.267. The zero-order valence-corrected chi connectivity index (χ0v) is 15.3. The van der Waals surface area contributed by atoms with Gasteiger partial charge in [-0.15, -0.1) is 0 Å². The maximum atomic E-state index is 12.5. The lowest BCUT2D eigenvalue weighted by Crippen LogP contribution is -2.27. The van der Waals surface area contributed by atoms with Crippen LogP contribution in [-0.4, -0.2) is 34.2 Å². The molecule has 0 saturated carbocycles. The summed E-state index contributed by atoms with van der Waals surface area (Å²) in [7, 11) is -1.86. The Bertz CT molecular complexity index is 863. The summed E-state index contributed by atoms with van der Waals surface area (Å²) >= 11 is 0. The van der Waals surface area contributed by atoms with Crippen molar-refractivity contribution in [3.8, 4) is 5.75 Å². The first-order valence-corrected chi connectivity index (χ1v) is 9.68. The standard InChI is InChI=1S/C18H22N2O4S/c1-13-8-9-16(20-25(3,22)23)15(12-13)18(21)19-11-10-14-6-4-5-7-17(14)24-2/h4-9,12,20H,10-11H2,1-3H3,(H,19,21). The Balaban J connectivity index is 2.09. The molecule has 0 bridgehead atoms. The molecule has 0 aliphatic rings. The Labute approximate surface area is 148 Å². The Hall–Kier alpha value is -2.54. The summed E-state index contributed by atoms with van der Waals surface area (Å²) in [5, 5.41) is 2.82. The first kappa shape index (κ1) is 18.8. The highest BCUT2D eigenvalue weighted by Gasteiger charge is 2.14. The molecular formula is C18H22N2O4S. The summed E-state index contributed by atoms with van der Waals surface area (Å²) < 4.78 is 30.6. The second-order valence-electron chi connectivity index (χ2n) is 5.74. The molecule has 2 N–H and O–H groups in total. The van der Waals surface area contributed by atoms with E-state index in [4.69, 9.17) is 4.74 Å². The molecule has 7 heteroatoms. The predicted molar refractivity (Wildman–Crippen MR) is 98.7 cm³/mol. The fourth-order valence-corrected chi connectivity index (χ4v) is 3.03. The average molecular weight is 362 g/mol. The van der Waals surface area contributed by atoms with Crippen molar-refractivity contribution in [1.29, 1.82) is 0 Å². The van der Waals surface area contributed by atoms with Gasteiger partial charge in [-0.05, 0) is 37.1 Å². The number of nitrogens with one attached hydrogen (secondary N) is 2. The van der Waals surface area contributed by atoms with E-state index in [2.05, 4.69) is 10.0 Å². The van der Waals surface area contributed by atoms with Gasteiger partial charge < -0.3 is 10.1 Å². The third-order valence-corrected chi connectivity index (χ3v) is 4.18. The largest absolute Gasteiger partial charge is 0.496 e. The third kappa shape index (κ3) is 5.49. The second kappa shape index (κ2) is 8.02. The van der Waals surface area contributed by atoms with Crippen LogP contribution >= 0.6 is 0 Å². The van der Waals surface area contributed by atoms with E-state index >= 15 is 0 Å². The van der Waals surface area contributed by atoms with E-state index in [1.165, 1.54) is 0 Å². The molecule has 0 saturated heterocycles. The SMILES string of the molecule is COc1ccccc1CCNC(=O)c1cc(C)ccc1NS(C)(=O)=O. The van der Waals surface area contributed by atoms with Crippen molar-refractivity contribution in [2.24, 2.45) is 0 Å². The average Bonchev–Trinajstić information content (AvgIpc) is 2.55. The van der Waals surface area contributed by atoms with Crippen LogP contribution in [0.2, 0.25) is 0 Å². The molecule has 1 amide bonds. The van der Waals surface area contributed by atoms with E-state index in [9.17, 15) is 13.2 Å².